The molecule has 0 bridgehead atoms. The third-order valence-corrected chi connectivity index (χ3v) is 3.53. The van der Waals surface area contributed by atoms with Gasteiger partial charge in [-0.05, 0) is 32.3 Å². The summed E-state index contributed by atoms with van der Waals surface area (Å²) in [7, 11) is 3.68. The van der Waals surface area contributed by atoms with E-state index in [1.807, 2.05) is 19.0 Å². The van der Waals surface area contributed by atoms with Crippen molar-refractivity contribution >= 4 is 0 Å². The standard InChI is InChI=1S/C13H18F2N2O/c1-17(2)12(13(6-16)7-18-8-13)10-5-9(14)3-4-11(10)15/h3-5,12H,6-8,16H2,1-2H3. The smallest absolute Gasteiger partial charge is 0.128 e. The summed E-state index contributed by atoms with van der Waals surface area (Å²) in [5.41, 5.74) is 5.82. The van der Waals surface area contributed by atoms with Crippen molar-refractivity contribution in [3.8, 4) is 0 Å². The van der Waals surface area contributed by atoms with Gasteiger partial charge in [0.05, 0.1) is 13.2 Å². The van der Waals surface area contributed by atoms with Crippen molar-refractivity contribution in [1.29, 1.82) is 0 Å². The predicted octanol–water partition coefficient (Wildman–Crippen LogP) is 1.54. The molecule has 1 aromatic rings. The summed E-state index contributed by atoms with van der Waals surface area (Å²) in [6.07, 6.45) is 0. The summed E-state index contributed by atoms with van der Waals surface area (Å²) in [4.78, 5) is 1.87. The predicted molar refractivity (Wildman–Crippen MR) is 65.1 cm³/mol. The van der Waals surface area contributed by atoms with Crippen LogP contribution in [0.25, 0.3) is 0 Å². The number of nitrogens with two attached hydrogens (primary N) is 1. The van der Waals surface area contributed by atoms with Gasteiger partial charge in [-0.2, -0.15) is 0 Å². The minimum absolute atomic E-state index is 0.285. The number of rotatable bonds is 4. The lowest BCUT2D eigenvalue weighted by Crippen LogP contribution is -2.56. The van der Waals surface area contributed by atoms with E-state index in [0.29, 0.717) is 25.3 Å². The Kier molecular flexibility index (Phi) is 3.66. The molecule has 1 aliphatic heterocycles. The van der Waals surface area contributed by atoms with E-state index in [-0.39, 0.29) is 11.5 Å². The first kappa shape index (κ1) is 13.4. The van der Waals surface area contributed by atoms with Crippen molar-refractivity contribution in [1.82, 2.24) is 4.90 Å². The molecular weight excluding hydrogens is 238 g/mol. The van der Waals surface area contributed by atoms with Gasteiger partial charge in [-0.1, -0.05) is 0 Å². The van der Waals surface area contributed by atoms with Crippen molar-refractivity contribution in [3.63, 3.8) is 0 Å². The first-order valence-electron chi connectivity index (χ1n) is 5.89. The van der Waals surface area contributed by atoms with Crippen LogP contribution in [0, 0.1) is 17.0 Å². The van der Waals surface area contributed by atoms with Gasteiger partial charge in [0.1, 0.15) is 11.6 Å². The zero-order chi connectivity index (χ0) is 13.3. The van der Waals surface area contributed by atoms with Crippen LogP contribution < -0.4 is 5.73 Å². The molecular formula is C13H18F2N2O. The summed E-state index contributed by atoms with van der Waals surface area (Å²) in [6, 6.07) is 3.24. The molecule has 2 N–H and O–H groups in total. The molecule has 1 aromatic carbocycles. The summed E-state index contributed by atoms with van der Waals surface area (Å²) >= 11 is 0. The van der Waals surface area contributed by atoms with Gasteiger partial charge in [0, 0.05) is 23.6 Å². The molecule has 0 amide bonds. The summed E-state index contributed by atoms with van der Waals surface area (Å²) in [5, 5.41) is 0. The lowest BCUT2D eigenvalue weighted by molar-refractivity contribution is -0.145. The molecule has 0 spiro atoms. The molecule has 2 rings (SSSR count). The van der Waals surface area contributed by atoms with E-state index >= 15 is 0 Å². The highest BCUT2D eigenvalue weighted by Gasteiger charge is 2.47. The van der Waals surface area contributed by atoms with Crippen LogP contribution in [-0.2, 0) is 4.74 Å². The molecule has 0 saturated carbocycles. The Bertz CT molecular complexity index is 427. The van der Waals surface area contributed by atoms with Crippen molar-refractivity contribution in [2.45, 2.75) is 6.04 Å². The van der Waals surface area contributed by atoms with Gasteiger partial charge >= 0.3 is 0 Å². The van der Waals surface area contributed by atoms with Crippen molar-refractivity contribution in [3.05, 3.63) is 35.4 Å². The third-order valence-electron chi connectivity index (χ3n) is 3.53. The van der Waals surface area contributed by atoms with Crippen LogP contribution in [0.5, 0.6) is 0 Å². The fraction of sp³-hybridized carbons (Fsp3) is 0.538. The van der Waals surface area contributed by atoms with Crippen LogP contribution in [0.2, 0.25) is 0 Å². The molecule has 100 valence electrons. The van der Waals surface area contributed by atoms with E-state index in [1.165, 1.54) is 6.07 Å². The normalized spacial score (nSPS) is 19.7. The largest absolute Gasteiger partial charge is 0.380 e. The van der Waals surface area contributed by atoms with Gasteiger partial charge in [-0.15, -0.1) is 0 Å². The maximum Gasteiger partial charge on any atom is 0.128 e. The van der Waals surface area contributed by atoms with Gasteiger partial charge in [0.15, 0.2) is 0 Å². The van der Waals surface area contributed by atoms with Crippen molar-refractivity contribution < 1.29 is 13.5 Å². The Morgan fingerprint density at radius 2 is 2.06 bits per heavy atom. The zero-order valence-corrected chi connectivity index (χ0v) is 10.6. The van der Waals surface area contributed by atoms with Gasteiger partial charge in [-0.25, -0.2) is 8.78 Å². The quantitative estimate of drug-likeness (QED) is 0.888. The summed E-state index contributed by atoms with van der Waals surface area (Å²) < 4.78 is 32.5. The Hall–Kier alpha value is -1.04. The highest BCUT2D eigenvalue weighted by atomic mass is 19.1. The Balaban J connectivity index is 2.44. The molecule has 3 nitrogen and oxygen atoms in total. The number of hydrogen-bond acceptors (Lipinski definition) is 3. The summed E-state index contributed by atoms with van der Waals surface area (Å²) in [6.45, 7) is 1.33. The van der Waals surface area contributed by atoms with E-state index in [1.54, 1.807) is 0 Å². The second kappa shape index (κ2) is 4.91. The van der Waals surface area contributed by atoms with E-state index in [4.69, 9.17) is 10.5 Å². The highest BCUT2D eigenvalue weighted by Crippen LogP contribution is 2.43. The van der Waals surface area contributed by atoms with E-state index in [9.17, 15) is 8.78 Å². The van der Waals surface area contributed by atoms with Gasteiger partial charge in [0.2, 0.25) is 0 Å². The Morgan fingerprint density at radius 1 is 1.39 bits per heavy atom. The topological polar surface area (TPSA) is 38.5 Å². The fourth-order valence-corrected chi connectivity index (χ4v) is 2.63. The Morgan fingerprint density at radius 3 is 2.50 bits per heavy atom. The highest BCUT2D eigenvalue weighted by molar-refractivity contribution is 5.26. The van der Waals surface area contributed by atoms with Crippen molar-refractivity contribution in [2.24, 2.45) is 11.1 Å². The minimum Gasteiger partial charge on any atom is -0.380 e. The van der Waals surface area contributed by atoms with Crippen LogP contribution in [-0.4, -0.2) is 38.8 Å². The van der Waals surface area contributed by atoms with E-state index in [0.717, 1.165) is 12.1 Å². The third kappa shape index (κ3) is 2.13. The van der Waals surface area contributed by atoms with Gasteiger partial charge in [-0.3, -0.25) is 0 Å². The number of halogens is 2. The molecule has 1 unspecified atom stereocenters. The number of nitrogens with zero attached hydrogens (tertiary/aromatic N) is 1. The number of ether oxygens (including phenoxy) is 1. The minimum atomic E-state index is -0.439. The molecule has 18 heavy (non-hydrogen) atoms. The molecule has 0 radical (unpaired) electrons. The molecule has 0 aliphatic carbocycles. The van der Waals surface area contributed by atoms with E-state index < -0.39 is 11.6 Å². The molecule has 1 fully saturated rings. The maximum atomic E-state index is 13.9. The van der Waals surface area contributed by atoms with Crippen LogP contribution in [0.4, 0.5) is 8.78 Å². The second-order valence-corrected chi connectivity index (χ2v) is 5.09. The van der Waals surface area contributed by atoms with Crippen LogP contribution in [0.3, 0.4) is 0 Å². The van der Waals surface area contributed by atoms with Gasteiger partial charge < -0.3 is 15.4 Å². The average Bonchev–Trinajstić information content (AvgIpc) is 2.26. The van der Waals surface area contributed by atoms with E-state index in [2.05, 4.69) is 0 Å². The van der Waals surface area contributed by atoms with Crippen LogP contribution in [0.15, 0.2) is 18.2 Å². The maximum absolute atomic E-state index is 13.9. The lowest BCUT2D eigenvalue weighted by atomic mass is 9.74. The molecule has 1 atom stereocenters. The monoisotopic (exact) mass is 256 g/mol. The molecule has 0 aromatic heterocycles. The van der Waals surface area contributed by atoms with Gasteiger partial charge in [0.25, 0.3) is 0 Å². The second-order valence-electron chi connectivity index (χ2n) is 5.09. The SMILES string of the molecule is CN(C)C(c1cc(F)ccc1F)C1(CN)COC1. The summed E-state index contributed by atoms with van der Waals surface area (Å²) in [5.74, 6) is -0.847. The first-order chi connectivity index (χ1) is 8.50. The number of benzene rings is 1. The van der Waals surface area contributed by atoms with Crippen LogP contribution in [0.1, 0.15) is 11.6 Å². The zero-order valence-electron chi connectivity index (χ0n) is 10.6. The lowest BCUT2D eigenvalue weighted by Gasteiger charge is -2.49. The average molecular weight is 256 g/mol. The number of hydrogen-bond donors (Lipinski definition) is 1. The van der Waals surface area contributed by atoms with Crippen LogP contribution >= 0.6 is 0 Å². The Labute approximate surface area is 106 Å². The molecule has 1 heterocycles. The molecule has 5 heteroatoms. The fourth-order valence-electron chi connectivity index (χ4n) is 2.63. The molecule has 1 saturated heterocycles. The first-order valence-corrected chi connectivity index (χ1v) is 5.89. The molecule has 1 aliphatic rings. The van der Waals surface area contributed by atoms with Crippen molar-refractivity contribution in [2.75, 3.05) is 33.9 Å².